The van der Waals surface area contributed by atoms with Crippen LogP contribution >= 0.6 is 0 Å². The predicted molar refractivity (Wildman–Crippen MR) is 87.2 cm³/mol. The van der Waals surface area contributed by atoms with Gasteiger partial charge in [0.05, 0.1) is 10.9 Å². The SMILES string of the molecule is O=C(NCC1(C(=O)O)CCCCC1)c1ccc2ccccc2n1. The molecule has 120 valence electrons. The van der Waals surface area contributed by atoms with Gasteiger partial charge in [0.25, 0.3) is 5.91 Å². The molecule has 1 aromatic heterocycles. The van der Waals surface area contributed by atoms with E-state index in [9.17, 15) is 14.7 Å². The Morgan fingerprint density at radius 3 is 2.57 bits per heavy atom. The van der Waals surface area contributed by atoms with Gasteiger partial charge in [0, 0.05) is 11.9 Å². The van der Waals surface area contributed by atoms with Crippen molar-refractivity contribution in [2.45, 2.75) is 32.1 Å². The van der Waals surface area contributed by atoms with Crippen LogP contribution in [0.2, 0.25) is 0 Å². The first kappa shape index (κ1) is 15.5. The number of amides is 1. The van der Waals surface area contributed by atoms with Crippen molar-refractivity contribution < 1.29 is 14.7 Å². The van der Waals surface area contributed by atoms with E-state index in [1.807, 2.05) is 30.3 Å². The van der Waals surface area contributed by atoms with Gasteiger partial charge in [-0.25, -0.2) is 4.98 Å². The lowest BCUT2D eigenvalue weighted by Gasteiger charge is -2.33. The van der Waals surface area contributed by atoms with Gasteiger partial charge in [-0.15, -0.1) is 0 Å². The molecular weight excluding hydrogens is 292 g/mol. The number of nitrogens with zero attached hydrogens (tertiary/aromatic N) is 1. The van der Waals surface area contributed by atoms with Crippen LogP contribution in [-0.4, -0.2) is 28.5 Å². The van der Waals surface area contributed by atoms with Crippen molar-refractivity contribution in [1.29, 1.82) is 0 Å². The summed E-state index contributed by atoms with van der Waals surface area (Å²) in [6.07, 6.45) is 4.10. The van der Waals surface area contributed by atoms with Gasteiger partial charge in [0.1, 0.15) is 5.69 Å². The summed E-state index contributed by atoms with van der Waals surface area (Å²) >= 11 is 0. The quantitative estimate of drug-likeness (QED) is 0.909. The highest BCUT2D eigenvalue weighted by molar-refractivity contribution is 5.95. The zero-order chi connectivity index (χ0) is 16.3. The minimum atomic E-state index is -0.829. The molecule has 23 heavy (non-hydrogen) atoms. The monoisotopic (exact) mass is 312 g/mol. The van der Waals surface area contributed by atoms with E-state index in [0.717, 1.165) is 30.2 Å². The van der Waals surface area contributed by atoms with E-state index in [-0.39, 0.29) is 12.5 Å². The highest BCUT2D eigenvalue weighted by Gasteiger charge is 2.39. The normalized spacial score (nSPS) is 16.9. The molecule has 1 aliphatic rings. The molecule has 0 aliphatic heterocycles. The van der Waals surface area contributed by atoms with Crippen molar-refractivity contribution in [1.82, 2.24) is 10.3 Å². The molecule has 0 radical (unpaired) electrons. The number of carboxylic acid groups (broad SMARTS) is 1. The first-order valence-corrected chi connectivity index (χ1v) is 7.98. The fourth-order valence-corrected chi connectivity index (χ4v) is 3.23. The van der Waals surface area contributed by atoms with Crippen LogP contribution in [0.1, 0.15) is 42.6 Å². The molecule has 1 aliphatic carbocycles. The van der Waals surface area contributed by atoms with Crippen molar-refractivity contribution in [3.63, 3.8) is 0 Å². The van der Waals surface area contributed by atoms with Crippen LogP contribution in [0.15, 0.2) is 36.4 Å². The van der Waals surface area contributed by atoms with E-state index < -0.39 is 11.4 Å². The van der Waals surface area contributed by atoms with E-state index in [0.29, 0.717) is 18.5 Å². The Bertz CT molecular complexity index is 736. The van der Waals surface area contributed by atoms with Crippen molar-refractivity contribution in [2.24, 2.45) is 5.41 Å². The van der Waals surface area contributed by atoms with E-state index in [4.69, 9.17) is 0 Å². The van der Waals surface area contributed by atoms with Gasteiger partial charge in [-0.3, -0.25) is 9.59 Å². The Kier molecular flexibility index (Phi) is 4.28. The number of carbonyl (C=O) groups is 2. The minimum Gasteiger partial charge on any atom is -0.481 e. The summed E-state index contributed by atoms with van der Waals surface area (Å²) < 4.78 is 0. The smallest absolute Gasteiger partial charge is 0.311 e. The molecular formula is C18H20N2O3. The molecule has 1 fully saturated rings. The van der Waals surface area contributed by atoms with E-state index in [2.05, 4.69) is 10.3 Å². The number of carbonyl (C=O) groups excluding carboxylic acids is 1. The number of aromatic nitrogens is 1. The van der Waals surface area contributed by atoms with Crippen LogP contribution in [0, 0.1) is 5.41 Å². The van der Waals surface area contributed by atoms with Gasteiger partial charge >= 0.3 is 5.97 Å². The second kappa shape index (κ2) is 6.36. The van der Waals surface area contributed by atoms with Gasteiger partial charge < -0.3 is 10.4 Å². The summed E-state index contributed by atoms with van der Waals surface area (Å²) in [6, 6.07) is 11.1. The summed E-state index contributed by atoms with van der Waals surface area (Å²) in [4.78, 5) is 28.3. The Hall–Kier alpha value is -2.43. The molecule has 0 bridgehead atoms. The molecule has 3 rings (SSSR count). The van der Waals surface area contributed by atoms with Gasteiger partial charge in [0.15, 0.2) is 0 Å². The van der Waals surface area contributed by atoms with Crippen molar-refractivity contribution in [2.75, 3.05) is 6.54 Å². The minimum absolute atomic E-state index is 0.162. The van der Waals surface area contributed by atoms with Gasteiger partial charge in [0.2, 0.25) is 0 Å². The maximum absolute atomic E-state index is 12.3. The van der Waals surface area contributed by atoms with Crippen LogP contribution in [0.4, 0.5) is 0 Å². The van der Waals surface area contributed by atoms with Crippen molar-refractivity contribution >= 4 is 22.8 Å². The lowest BCUT2D eigenvalue weighted by Crippen LogP contribution is -2.44. The van der Waals surface area contributed by atoms with Gasteiger partial charge in [-0.05, 0) is 25.0 Å². The topological polar surface area (TPSA) is 79.3 Å². The van der Waals surface area contributed by atoms with Gasteiger partial charge in [-0.1, -0.05) is 43.5 Å². The number of aliphatic carboxylic acids is 1. The van der Waals surface area contributed by atoms with Crippen LogP contribution in [0.3, 0.4) is 0 Å². The molecule has 1 saturated carbocycles. The number of benzene rings is 1. The molecule has 1 aromatic carbocycles. The third kappa shape index (κ3) is 3.18. The summed E-state index contributed by atoms with van der Waals surface area (Å²) in [6.45, 7) is 0.162. The number of hydrogen-bond donors (Lipinski definition) is 2. The summed E-state index contributed by atoms with van der Waals surface area (Å²) in [5.41, 5.74) is 0.246. The molecule has 5 heteroatoms. The first-order chi connectivity index (χ1) is 11.1. The Morgan fingerprint density at radius 2 is 1.83 bits per heavy atom. The fraction of sp³-hybridized carbons (Fsp3) is 0.389. The molecule has 0 unspecified atom stereocenters. The Labute approximate surface area is 134 Å². The molecule has 0 atom stereocenters. The fourth-order valence-electron chi connectivity index (χ4n) is 3.23. The molecule has 1 amide bonds. The summed E-state index contributed by atoms with van der Waals surface area (Å²) in [5.74, 6) is -1.13. The number of hydrogen-bond acceptors (Lipinski definition) is 3. The molecule has 2 aromatic rings. The zero-order valence-corrected chi connectivity index (χ0v) is 12.9. The number of fused-ring (bicyclic) bond motifs is 1. The van der Waals surface area contributed by atoms with Crippen molar-refractivity contribution in [3.05, 3.63) is 42.1 Å². The van der Waals surface area contributed by atoms with Crippen LogP contribution in [0.25, 0.3) is 10.9 Å². The number of carboxylic acids is 1. The molecule has 2 N–H and O–H groups in total. The van der Waals surface area contributed by atoms with Crippen molar-refractivity contribution in [3.8, 4) is 0 Å². The van der Waals surface area contributed by atoms with Gasteiger partial charge in [-0.2, -0.15) is 0 Å². The highest BCUT2D eigenvalue weighted by Crippen LogP contribution is 2.36. The molecule has 5 nitrogen and oxygen atoms in total. The number of nitrogens with one attached hydrogen (secondary N) is 1. The average molecular weight is 312 g/mol. The maximum atomic E-state index is 12.3. The van der Waals surface area contributed by atoms with Crippen LogP contribution < -0.4 is 5.32 Å². The summed E-state index contributed by atoms with van der Waals surface area (Å²) in [5, 5.41) is 13.3. The molecule has 1 heterocycles. The molecule has 0 spiro atoms. The average Bonchev–Trinajstić information content (AvgIpc) is 2.60. The lowest BCUT2D eigenvalue weighted by molar-refractivity contribution is -0.150. The predicted octanol–water partition coefficient (Wildman–Crippen LogP) is 3.00. The van der Waals surface area contributed by atoms with Crippen LogP contribution in [0.5, 0.6) is 0 Å². The van der Waals surface area contributed by atoms with E-state index in [1.165, 1.54) is 0 Å². The first-order valence-electron chi connectivity index (χ1n) is 7.98. The number of pyridine rings is 1. The number of para-hydroxylation sites is 1. The highest BCUT2D eigenvalue weighted by atomic mass is 16.4. The molecule has 0 saturated heterocycles. The maximum Gasteiger partial charge on any atom is 0.311 e. The second-order valence-electron chi connectivity index (χ2n) is 6.22. The Balaban J connectivity index is 1.73. The number of rotatable bonds is 4. The standard InChI is InChI=1S/C18H20N2O3/c21-16(15-9-8-13-6-2-3-7-14(13)20-15)19-12-18(17(22)23)10-4-1-5-11-18/h2-3,6-9H,1,4-5,10-12H2,(H,19,21)(H,22,23). The van der Waals surface area contributed by atoms with Crippen LogP contribution in [-0.2, 0) is 4.79 Å². The third-order valence-corrected chi connectivity index (χ3v) is 4.68. The second-order valence-corrected chi connectivity index (χ2v) is 6.22. The van der Waals surface area contributed by atoms with E-state index in [1.54, 1.807) is 6.07 Å². The lowest BCUT2D eigenvalue weighted by atomic mass is 9.74. The zero-order valence-electron chi connectivity index (χ0n) is 12.9. The Morgan fingerprint density at radius 1 is 1.09 bits per heavy atom. The summed E-state index contributed by atoms with van der Waals surface area (Å²) in [7, 11) is 0. The van der Waals surface area contributed by atoms with E-state index >= 15 is 0 Å². The largest absolute Gasteiger partial charge is 0.481 e. The third-order valence-electron chi connectivity index (χ3n) is 4.68.